The molecule has 0 aliphatic heterocycles. The van der Waals surface area contributed by atoms with E-state index in [1.165, 1.54) is 10.9 Å². The number of nitrogens with two attached hydrogens (primary N) is 1. The normalized spacial score (nSPS) is 10.9. The van der Waals surface area contributed by atoms with Crippen molar-refractivity contribution in [1.29, 1.82) is 10.5 Å². The Hall–Kier alpha value is -6.08. The molecule has 2 N–H and O–H groups in total. The molecular weight excluding hydrogens is 511 g/mol. The summed E-state index contributed by atoms with van der Waals surface area (Å²) >= 11 is 0. The molecule has 0 fully saturated rings. The van der Waals surface area contributed by atoms with Crippen molar-refractivity contribution < 1.29 is 4.39 Å². The highest BCUT2D eigenvalue weighted by molar-refractivity contribution is 5.69. The lowest BCUT2D eigenvalue weighted by Crippen LogP contribution is -2.05. The number of pyridine rings is 2. The van der Waals surface area contributed by atoms with Gasteiger partial charge in [0.1, 0.15) is 17.1 Å². The predicted molar refractivity (Wildman–Crippen MR) is 140 cm³/mol. The third kappa shape index (κ3) is 4.23. The van der Waals surface area contributed by atoms with Crippen LogP contribution in [0.5, 0.6) is 0 Å². The minimum absolute atomic E-state index is 0.108. The zero-order valence-corrected chi connectivity index (χ0v) is 20.9. The Morgan fingerprint density at radius 3 is 2.62 bits per heavy atom. The van der Waals surface area contributed by atoms with Crippen molar-refractivity contribution >= 4 is 11.5 Å². The van der Waals surface area contributed by atoms with Crippen LogP contribution in [0.4, 0.5) is 10.2 Å². The van der Waals surface area contributed by atoms with Crippen molar-refractivity contribution in [3.05, 3.63) is 89.1 Å². The molecule has 1 aromatic carbocycles. The summed E-state index contributed by atoms with van der Waals surface area (Å²) in [7, 11) is 0. The van der Waals surface area contributed by atoms with Gasteiger partial charge in [-0.1, -0.05) is 23.4 Å². The zero-order valence-electron chi connectivity index (χ0n) is 20.9. The van der Waals surface area contributed by atoms with Gasteiger partial charge in [0.25, 0.3) is 0 Å². The molecule has 5 heterocycles. The monoisotopic (exact) mass is 528 g/mol. The topological polar surface area (TPSA) is 173 Å². The Morgan fingerprint density at radius 2 is 1.80 bits per heavy atom. The number of anilines is 1. The van der Waals surface area contributed by atoms with E-state index in [4.69, 9.17) is 11.0 Å². The molecule has 0 bridgehead atoms. The predicted octanol–water partition coefficient (Wildman–Crippen LogP) is 3.33. The highest BCUT2D eigenvalue weighted by Gasteiger charge is 2.20. The first-order valence-electron chi connectivity index (χ1n) is 11.9. The summed E-state index contributed by atoms with van der Waals surface area (Å²) in [5, 5.41) is 35.1. The van der Waals surface area contributed by atoms with Gasteiger partial charge in [0, 0.05) is 17.8 Å². The fourth-order valence-electron chi connectivity index (χ4n) is 4.23. The molecule has 0 amide bonds. The zero-order chi connectivity index (χ0) is 27.8. The molecule has 0 saturated carbocycles. The van der Waals surface area contributed by atoms with Gasteiger partial charge in [-0.3, -0.25) is 4.40 Å². The second-order valence-electron chi connectivity index (χ2n) is 8.78. The first-order chi connectivity index (χ1) is 19.4. The van der Waals surface area contributed by atoms with E-state index in [9.17, 15) is 5.26 Å². The van der Waals surface area contributed by atoms with Gasteiger partial charge >= 0.3 is 0 Å². The van der Waals surface area contributed by atoms with Gasteiger partial charge < -0.3 is 5.73 Å². The highest BCUT2D eigenvalue weighted by atomic mass is 19.1. The number of aromatic nitrogens is 9. The average Bonchev–Trinajstić information content (AvgIpc) is 3.61. The third-order valence-corrected chi connectivity index (χ3v) is 6.25. The second kappa shape index (κ2) is 9.66. The van der Waals surface area contributed by atoms with Crippen LogP contribution in [0.25, 0.3) is 39.9 Å². The van der Waals surface area contributed by atoms with Crippen LogP contribution in [-0.2, 0) is 6.54 Å². The molecule has 13 heteroatoms. The Bertz CT molecular complexity index is 2010. The molecule has 0 aliphatic carbocycles. The fraction of sp³-hybridized carbons (Fsp3) is 0.0741. The second-order valence-corrected chi connectivity index (χ2v) is 8.78. The van der Waals surface area contributed by atoms with Gasteiger partial charge in [-0.05, 0) is 36.8 Å². The molecule has 0 aliphatic rings. The van der Waals surface area contributed by atoms with Crippen LogP contribution in [0.3, 0.4) is 0 Å². The van der Waals surface area contributed by atoms with Crippen LogP contribution in [0.1, 0.15) is 22.4 Å². The number of nitrogens with zero attached hydrogens (tertiary/aromatic N) is 11. The Kier molecular flexibility index (Phi) is 5.86. The standard InChI is InChI=1S/C27H17FN12/c1-15-17(12-30)4-2-6-19(15)26-33-24(23(28)25(31)34-26)21-14-39(38-35-21)13-18-5-3-7-20(32-18)27-37-36-22-10-16(11-29)8-9-40(22)27/h2-10,14H,13H2,1H3,(H2,31,33,34). The maximum absolute atomic E-state index is 15.0. The third-order valence-electron chi connectivity index (χ3n) is 6.25. The molecule has 0 saturated heterocycles. The molecule has 6 aromatic rings. The van der Waals surface area contributed by atoms with E-state index in [0.29, 0.717) is 45.1 Å². The molecule has 40 heavy (non-hydrogen) atoms. The van der Waals surface area contributed by atoms with Crippen LogP contribution in [0.2, 0.25) is 0 Å². The summed E-state index contributed by atoms with van der Waals surface area (Å²) in [5.41, 5.74) is 9.84. The maximum Gasteiger partial charge on any atom is 0.193 e. The van der Waals surface area contributed by atoms with Crippen molar-refractivity contribution in [2.75, 3.05) is 5.73 Å². The fourth-order valence-corrected chi connectivity index (χ4v) is 4.23. The van der Waals surface area contributed by atoms with Crippen molar-refractivity contribution in [2.45, 2.75) is 13.5 Å². The van der Waals surface area contributed by atoms with Crippen molar-refractivity contribution in [3.8, 4) is 46.4 Å². The summed E-state index contributed by atoms with van der Waals surface area (Å²) in [6.45, 7) is 1.99. The number of benzene rings is 1. The van der Waals surface area contributed by atoms with Gasteiger partial charge in [0.2, 0.25) is 0 Å². The lowest BCUT2D eigenvalue weighted by molar-refractivity contribution is 0.623. The van der Waals surface area contributed by atoms with E-state index >= 15 is 4.39 Å². The van der Waals surface area contributed by atoms with Crippen LogP contribution in [0.15, 0.2) is 60.9 Å². The van der Waals surface area contributed by atoms with Gasteiger partial charge in [-0.15, -0.1) is 15.3 Å². The number of nitrogen functional groups attached to an aromatic ring is 1. The molecule has 5 aromatic heterocycles. The van der Waals surface area contributed by atoms with E-state index in [0.717, 1.165) is 0 Å². The molecule has 0 atom stereocenters. The quantitative estimate of drug-likeness (QED) is 0.349. The van der Waals surface area contributed by atoms with Gasteiger partial charge in [-0.25, -0.2) is 24.0 Å². The minimum Gasteiger partial charge on any atom is -0.381 e. The van der Waals surface area contributed by atoms with Crippen molar-refractivity contribution in [3.63, 3.8) is 0 Å². The lowest BCUT2D eigenvalue weighted by Gasteiger charge is -2.09. The SMILES string of the molecule is Cc1c(C#N)cccc1-c1nc(N)c(F)c(-c2cn(Cc3cccc(-c4nnc5cc(C#N)ccn45)n3)nn2)n1. The van der Waals surface area contributed by atoms with Crippen molar-refractivity contribution in [2.24, 2.45) is 0 Å². The molecular formula is C27H17FN12. The molecule has 6 rings (SSSR count). The van der Waals surface area contributed by atoms with E-state index in [1.54, 1.807) is 53.9 Å². The lowest BCUT2D eigenvalue weighted by atomic mass is 10.0. The smallest absolute Gasteiger partial charge is 0.193 e. The Balaban J connectivity index is 1.31. The highest BCUT2D eigenvalue weighted by Crippen LogP contribution is 2.28. The van der Waals surface area contributed by atoms with Crippen LogP contribution in [-0.4, -0.2) is 44.5 Å². The van der Waals surface area contributed by atoms with E-state index < -0.39 is 5.82 Å². The molecule has 12 nitrogen and oxygen atoms in total. The van der Waals surface area contributed by atoms with Crippen LogP contribution in [0, 0.1) is 35.4 Å². The number of halogens is 1. The van der Waals surface area contributed by atoms with E-state index in [1.807, 2.05) is 12.1 Å². The first-order valence-corrected chi connectivity index (χ1v) is 11.9. The average molecular weight is 529 g/mol. The number of hydrogen-bond donors (Lipinski definition) is 1. The Morgan fingerprint density at radius 1 is 0.950 bits per heavy atom. The van der Waals surface area contributed by atoms with Crippen LogP contribution < -0.4 is 5.73 Å². The van der Waals surface area contributed by atoms with Gasteiger partial charge in [0.05, 0.1) is 41.7 Å². The minimum atomic E-state index is -0.816. The summed E-state index contributed by atoms with van der Waals surface area (Å²) < 4.78 is 18.3. The largest absolute Gasteiger partial charge is 0.381 e. The Labute approximate surface area is 225 Å². The van der Waals surface area contributed by atoms with Crippen LogP contribution >= 0.6 is 0 Å². The summed E-state index contributed by atoms with van der Waals surface area (Å²) in [5.74, 6) is -0.464. The number of hydrogen-bond acceptors (Lipinski definition) is 10. The van der Waals surface area contributed by atoms with E-state index in [2.05, 4.69) is 47.6 Å². The summed E-state index contributed by atoms with van der Waals surface area (Å²) in [4.78, 5) is 13.1. The molecule has 0 radical (unpaired) electrons. The summed E-state index contributed by atoms with van der Waals surface area (Å²) in [6, 6.07) is 18.1. The number of nitriles is 2. The maximum atomic E-state index is 15.0. The van der Waals surface area contributed by atoms with E-state index in [-0.39, 0.29) is 29.6 Å². The number of fused-ring (bicyclic) bond motifs is 1. The van der Waals surface area contributed by atoms with Gasteiger partial charge in [0.15, 0.2) is 28.9 Å². The van der Waals surface area contributed by atoms with Gasteiger partial charge in [-0.2, -0.15) is 10.5 Å². The summed E-state index contributed by atoms with van der Waals surface area (Å²) in [6.07, 6.45) is 3.26. The molecule has 0 spiro atoms. The number of rotatable bonds is 5. The molecule has 192 valence electrons. The molecule has 0 unspecified atom stereocenters. The van der Waals surface area contributed by atoms with Crippen molar-refractivity contribution in [1.82, 2.24) is 44.5 Å². The first kappa shape index (κ1) is 24.3.